The fraction of sp³-hybridized carbons (Fsp3) is 0.185. The number of halogens is 1. The van der Waals surface area contributed by atoms with Crippen LogP contribution in [0.25, 0.3) is 6.08 Å². The molecule has 3 aromatic rings. The number of nitriles is 1. The first-order valence-corrected chi connectivity index (χ1v) is 10.6. The summed E-state index contributed by atoms with van der Waals surface area (Å²) in [6.07, 6.45) is 1.46. The second kappa shape index (κ2) is 12.1. The van der Waals surface area contributed by atoms with Crippen molar-refractivity contribution < 1.29 is 28.1 Å². The van der Waals surface area contributed by atoms with E-state index in [9.17, 15) is 14.4 Å². The lowest BCUT2D eigenvalue weighted by Crippen LogP contribution is -2.24. The Balaban J connectivity index is 1.70. The number of ether oxygens (including phenoxy) is 4. The highest BCUT2D eigenvalue weighted by Gasteiger charge is 2.13. The fourth-order valence-corrected chi connectivity index (χ4v) is 3.26. The van der Waals surface area contributed by atoms with Gasteiger partial charge in [0.2, 0.25) is 0 Å². The molecule has 0 aromatic heterocycles. The zero-order valence-electron chi connectivity index (χ0n) is 19.6. The van der Waals surface area contributed by atoms with E-state index in [1.54, 1.807) is 55.6 Å². The summed E-state index contributed by atoms with van der Waals surface area (Å²) >= 11 is 0. The number of methoxy groups -OCH3 is 3. The van der Waals surface area contributed by atoms with Gasteiger partial charge in [-0.1, -0.05) is 18.2 Å². The summed E-state index contributed by atoms with van der Waals surface area (Å²) in [5.41, 5.74) is 1.91. The van der Waals surface area contributed by atoms with Crippen LogP contribution in [0.1, 0.15) is 16.7 Å². The molecule has 3 aromatic carbocycles. The SMILES string of the molecule is COc1ccc(CNC(=O)/C(C#N)=C/c2ccc(OCc3cccc(F)c3)c(OC)c2)c(OC)c1. The van der Waals surface area contributed by atoms with Gasteiger partial charge in [0.05, 0.1) is 21.3 Å². The number of rotatable bonds is 10. The van der Waals surface area contributed by atoms with E-state index in [-0.39, 0.29) is 24.5 Å². The molecule has 1 N–H and O–H groups in total. The van der Waals surface area contributed by atoms with Gasteiger partial charge in [-0.3, -0.25) is 4.79 Å². The Morgan fingerprint density at radius 3 is 2.46 bits per heavy atom. The highest BCUT2D eigenvalue weighted by Crippen LogP contribution is 2.30. The smallest absolute Gasteiger partial charge is 0.262 e. The fourth-order valence-electron chi connectivity index (χ4n) is 3.26. The molecule has 0 aliphatic carbocycles. The molecular weight excluding hydrogens is 451 g/mol. The highest BCUT2D eigenvalue weighted by molar-refractivity contribution is 6.01. The average Bonchev–Trinajstić information content (AvgIpc) is 2.89. The normalized spacial score (nSPS) is 10.8. The predicted molar refractivity (Wildman–Crippen MR) is 129 cm³/mol. The van der Waals surface area contributed by atoms with Crippen molar-refractivity contribution in [2.45, 2.75) is 13.2 Å². The molecule has 0 atom stereocenters. The molecule has 0 fully saturated rings. The summed E-state index contributed by atoms with van der Waals surface area (Å²) < 4.78 is 35.0. The van der Waals surface area contributed by atoms with E-state index in [0.29, 0.717) is 34.1 Å². The second-order valence-corrected chi connectivity index (χ2v) is 7.36. The number of benzene rings is 3. The molecule has 0 bridgehead atoms. The van der Waals surface area contributed by atoms with Crippen LogP contribution in [0.3, 0.4) is 0 Å². The molecule has 180 valence electrons. The Morgan fingerprint density at radius 2 is 1.77 bits per heavy atom. The quantitative estimate of drug-likeness (QED) is 0.338. The van der Waals surface area contributed by atoms with E-state index >= 15 is 0 Å². The molecule has 1 amide bonds. The molecule has 8 heteroatoms. The number of hydrogen-bond acceptors (Lipinski definition) is 6. The van der Waals surface area contributed by atoms with Gasteiger partial charge in [-0.05, 0) is 53.6 Å². The number of hydrogen-bond donors (Lipinski definition) is 1. The van der Waals surface area contributed by atoms with Crippen molar-refractivity contribution in [2.75, 3.05) is 21.3 Å². The minimum Gasteiger partial charge on any atom is -0.497 e. The van der Waals surface area contributed by atoms with E-state index in [0.717, 1.165) is 5.56 Å². The molecule has 0 saturated carbocycles. The van der Waals surface area contributed by atoms with Crippen LogP contribution in [0.4, 0.5) is 4.39 Å². The molecule has 0 aliphatic rings. The number of nitrogens with one attached hydrogen (secondary N) is 1. The lowest BCUT2D eigenvalue weighted by molar-refractivity contribution is -0.117. The lowest BCUT2D eigenvalue weighted by Gasteiger charge is -2.12. The standard InChI is InChI=1S/C27H25FN2O5/c1-32-23-9-8-20(25(14-23)33-2)16-30-27(31)21(15-29)11-18-7-10-24(26(13-18)34-3)35-17-19-5-4-6-22(28)12-19/h4-14H,16-17H2,1-3H3,(H,30,31)/b21-11+. The van der Waals surface area contributed by atoms with Crippen molar-refractivity contribution in [3.63, 3.8) is 0 Å². The van der Waals surface area contributed by atoms with Crippen LogP contribution in [0.15, 0.2) is 66.2 Å². The monoisotopic (exact) mass is 476 g/mol. The van der Waals surface area contributed by atoms with Crippen molar-refractivity contribution in [2.24, 2.45) is 0 Å². The van der Waals surface area contributed by atoms with Crippen LogP contribution in [0.2, 0.25) is 0 Å². The third-order valence-corrected chi connectivity index (χ3v) is 5.08. The molecule has 35 heavy (non-hydrogen) atoms. The van der Waals surface area contributed by atoms with E-state index in [1.165, 1.54) is 32.4 Å². The van der Waals surface area contributed by atoms with Gasteiger partial charge in [0, 0.05) is 18.2 Å². The molecule has 0 aliphatic heterocycles. The van der Waals surface area contributed by atoms with Gasteiger partial charge in [-0.15, -0.1) is 0 Å². The van der Waals surface area contributed by atoms with E-state index in [4.69, 9.17) is 18.9 Å². The molecular formula is C27H25FN2O5. The van der Waals surface area contributed by atoms with Crippen molar-refractivity contribution in [3.05, 3.63) is 88.7 Å². The van der Waals surface area contributed by atoms with E-state index in [2.05, 4.69) is 5.32 Å². The second-order valence-electron chi connectivity index (χ2n) is 7.36. The van der Waals surface area contributed by atoms with Crippen molar-refractivity contribution in [1.29, 1.82) is 5.26 Å². The third kappa shape index (κ3) is 6.74. The molecule has 0 heterocycles. The molecule has 3 rings (SSSR count). The number of amides is 1. The average molecular weight is 477 g/mol. The summed E-state index contributed by atoms with van der Waals surface area (Å²) in [5, 5.41) is 12.3. The maximum Gasteiger partial charge on any atom is 0.262 e. The summed E-state index contributed by atoms with van der Waals surface area (Å²) in [5.74, 6) is 1.18. The van der Waals surface area contributed by atoms with Gasteiger partial charge in [0.25, 0.3) is 5.91 Å². The first-order valence-electron chi connectivity index (χ1n) is 10.6. The van der Waals surface area contributed by atoms with Crippen molar-refractivity contribution in [3.8, 4) is 29.1 Å². The minimum atomic E-state index is -0.532. The molecule has 0 unspecified atom stereocenters. The van der Waals surface area contributed by atoms with E-state index in [1.807, 2.05) is 6.07 Å². The zero-order valence-corrected chi connectivity index (χ0v) is 19.6. The van der Waals surface area contributed by atoms with Gasteiger partial charge in [0.1, 0.15) is 35.6 Å². The summed E-state index contributed by atoms with van der Waals surface area (Å²) in [6, 6.07) is 18.3. The lowest BCUT2D eigenvalue weighted by atomic mass is 10.1. The Kier molecular flexibility index (Phi) is 8.68. The summed E-state index contributed by atoms with van der Waals surface area (Å²) in [7, 11) is 4.57. The summed E-state index contributed by atoms with van der Waals surface area (Å²) in [4.78, 5) is 12.6. The molecule has 0 spiro atoms. The highest BCUT2D eigenvalue weighted by atomic mass is 19.1. The number of carbonyl (C=O) groups excluding carboxylic acids is 1. The molecule has 7 nitrogen and oxygen atoms in total. The van der Waals surface area contributed by atoms with Crippen LogP contribution in [-0.2, 0) is 17.9 Å². The Bertz CT molecular complexity index is 1270. The van der Waals surface area contributed by atoms with Crippen LogP contribution in [-0.4, -0.2) is 27.2 Å². The van der Waals surface area contributed by atoms with Gasteiger partial charge in [-0.2, -0.15) is 5.26 Å². The first kappa shape index (κ1) is 25.1. The van der Waals surface area contributed by atoms with Gasteiger partial charge < -0.3 is 24.3 Å². The number of nitrogens with zero attached hydrogens (tertiary/aromatic N) is 1. The molecule has 0 radical (unpaired) electrons. The van der Waals surface area contributed by atoms with Crippen LogP contribution >= 0.6 is 0 Å². The van der Waals surface area contributed by atoms with Crippen LogP contribution in [0.5, 0.6) is 23.0 Å². The Hall–Kier alpha value is -4.51. The maximum atomic E-state index is 13.4. The first-order chi connectivity index (χ1) is 17.0. The van der Waals surface area contributed by atoms with Crippen molar-refractivity contribution >= 4 is 12.0 Å². The van der Waals surface area contributed by atoms with Crippen LogP contribution < -0.4 is 24.3 Å². The minimum absolute atomic E-state index is 0.0760. The largest absolute Gasteiger partial charge is 0.497 e. The van der Waals surface area contributed by atoms with Crippen LogP contribution in [0, 0.1) is 17.1 Å². The van der Waals surface area contributed by atoms with E-state index < -0.39 is 5.91 Å². The third-order valence-electron chi connectivity index (χ3n) is 5.08. The topological polar surface area (TPSA) is 89.8 Å². The van der Waals surface area contributed by atoms with Crippen molar-refractivity contribution in [1.82, 2.24) is 5.32 Å². The maximum absolute atomic E-state index is 13.4. The molecule has 0 saturated heterocycles. The Labute approximate surface area is 203 Å². The van der Waals surface area contributed by atoms with Gasteiger partial charge in [-0.25, -0.2) is 4.39 Å². The Morgan fingerprint density at radius 1 is 0.971 bits per heavy atom. The van der Waals surface area contributed by atoms with Gasteiger partial charge in [0.15, 0.2) is 11.5 Å². The zero-order chi connectivity index (χ0) is 25.2. The summed E-state index contributed by atoms with van der Waals surface area (Å²) in [6.45, 7) is 0.325. The van der Waals surface area contributed by atoms with Gasteiger partial charge >= 0.3 is 0 Å². The number of carbonyl (C=O) groups is 1. The predicted octanol–water partition coefficient (Wildman–Crippen LogP) is 4.65.